The van der Waals surface area contributed by atoms with Crippen molar-refractivity contribution in [2.45, 2.75) is 33.6 Å². The molecule has 1 rings (SSSR count). The van der Waals surface area contributed by atoms with Crippen molar-refractivity contribution in [3.63, 3.8) is 0 Å². The van der Waals surface area contributed by atoms with E-state index in [4.69, 9.17) is 4.74 Å². The maximum atomic E-state index is 5.34. The van der Waals surface area contributed by atoms with Gasteiger partial charge in [0.25, 0.3) is 0 Å². The lowest BCUT2D eigenvalue weighted by Gasteiger charge is -2.20. The summed E-state index contributed by atoms with van der Waals surface area (Å²) in [6, 6.07) is 0. The normalized spacial score (nSPS) is 18.2. The largest absolute Gasteiger partial charge is 0.497 e. The second-order valence-electron chi connectivity index (χ2n) is 3.74. The summed E-state index contributed by atoms with van der Waals surface area (Å²) in [4.78, 5) is 0. The molecule has 0 aromatic rings. The SMILES string of the molecule is COC1=C(C(C)C)CCC(C)=C1. The monoisotopic (exact) mass is 166 g/mol. The van der Waals surface area contributed by atoms with Crippen LogP contribution < -0.4 is 0 Å². The number of hydrogen-bond donors (Lipinski definition) is 0. The molecule has 0 unspecified atom stereocenters. The molecule has 0 saturated heterocycles. The Labute approximate surface area is 75.1 Å². The summed E-state index contributed by atoms with van der Waals surface area (Å²) in [6.45, 7) is 6.61. The summed E-state index contributed by atoms with van der Waals surface area (Å²) in [5.41, 5.74) is 2.89. The maximum Gasteiger partial charge on any atom is 0.118 e. The molecule has 0 heterocycles. The standard InChI is InChI=1S/C11H18O/c1-8(2)10-6-5-9(3)7-11(10)12-4/h7-8H,5-6H2,1-4H3. The Morgan fingerprint density at radius 2 is 2.00 bits per heavy atom. The Morgan fingerprint density at radius 1 is 1.33 bits per heavy atom. The number of methoxy groups -OCH3 is 1. The topological polar surface area (TPSA) is 9.23 Å². The lowest BCUT2D eigenvalue weighted by molar-refractivity contribution is 0.293. The summed E-state index contributed by atoms with van der Waals surface area (Å²) >= 11 is 0. The summed E-state index contributed by atoms with van der Waals surface area (Å²) in [5.74, 6) is 1.71. The second-order valence-corrected chi connectivity index (χ2v) is 3.74. The van der Waals surface area contributed by atoms with Gasteiger partial charge in [-0.2, -0.15) is 0 Å². The van der Waals surface area contributed by atoms with Gasteiger partial charge in [-0.25, -0.2) is 0 Å². The third kappa shape index (κ3) is 1.90. The number of allylic oxidation sites excluding steroid dienone is 3. The first kappa shape index (κ1) is 9.37. The van der Waals surface area contributed by atoms with Gasteiger partial charge in [0.05, 0.1) is 7.11 Å². The van der Waals surface area contributed by atoms with Gasteiger partial charge in [0.15, 0.2) is 0 Å². The van der Waals surface area contributed by atoms with E-state index in [1.54, 1.807) is 7.11 Å². The molecule has 0 radical (unpaired) electrons. The fraction of sp³-hybridized carbons (Fsp3) is 0.636. The van der Waals surface area contributed by atoms with Crippen LogP contribution in [-0.4, -0.2) is 7.11 Å². The van der Waals surface area contributed by atoms with E-state index in [-0.39, 0.29) is 0 Å². The van der Waals surface area contributed by atoms with Gasteiger partial charge in [0, 0.05) is 0 Å². The van der Waals surface area contributed by atoms with Crippen LogP contribution in [0.2, 0.25) is 0 Å². The van der Waals surface area contributed by atoms with Gasteiger partial charge >= 0.3 is 0 Å². The molecule has 0 amide bonds. The zero-order chi connectivity index (χ0) is 9.14. The maximum absolute atomic E-state index is 5.34. The van der Waals surface area contributed by atoms with Gasteiger partial charge in [-0.3, -0.25) is 0 Å². The molecule has 0 spiro atoms. The van der Waals surface area contributed by atoms with Crippen molar-refractivity contribution < 1.29 is 4.74 Å². The van der Waals surface area contributed by atoms with Crippen LogP contribution in [-0.2, 0) is 4.74 Å². The molecular weight excluding hydrogens is 148 g/mol. The lowest BCUT2D eigenvalue weighted by atomic mass is 9.90. The summed E-state index contributed by atoms with van der Waals surface area (Å²) in [5, 5.41) is 0. The van der Waals surface area contributed by atoms with Crippen LogP contribution >= 0.6 is 0 Å². The van der Waals surface area contributed by atoms with Gasteiger partial charge in [-0.05, 0) is 37.3 Å². The molecule has 0 atom stereocenters. The number of rotatable bonds is 2. The number of hydrogen-bond acceptors (Lipinski definition) is 1. The molecular formula is C11H18O. The van der Waals surface area contributed by atoms with Crippen molar-refractivity contribution in [2.24, 2.45) is 5.92 Å². The predicted molar refractivity (Wildman–Crippen MR) is 51.9 cm³/mol. The first-order valence-electron chi connectivity index (χ1n) is 4.59. The Kier molecular flexibility index (Phi) is 2.96. The van der Waals surface area contributed by atoms with Crippen LogP contribution in [0.15, 0.2) is 23.0 Å². The minimum Gasteiger partial charge on any atom is -0.497 e. The van der Waals surface area contributed by atoms with E-state index in [1.807, 2.05) is 0 Å². The average molecular weight is 166 g/mol. The van der Waals surface area contributed by atoms with Gasteiger partial charge in [-0.15, -0.1) is 0 Å². The van der Waals surface area contributed by atoms with Crippen LogP contribution in [0.1, 0.15) is 33.6 Å². The highest BCUT2D eigenvalue weighted by atomic mass is 16.5. The molecule has 0 fully saturated rings. The van der Waals surface area contributed by atoms with E-state index in [1.165, 1.54) is 24.0 Å². The molecule has 0 N–H and O–H groups in total. The fourth-order valence-corrected chi connectivity index (χ4v) is 1.61. The van der Waals surface area contributed by atoms with Crippen molar-refractivity contribution in [3.05, 3.63) is 23.0 Å². The Morgan fingerprint density at radius 3 is 2.50 bits per heavy atom. The van der Waals surface area contributed by atoms with Crippen molar-refractivity contribution in [3.8, 4) is 0 Å². The molecule has 1 nitrogen and oxygen atoms in total. The van der Waals surface area contributed by atoms with Crippen molar-refractivity contribution in [1.29, 1.82) is 0 Å². The van der Waals surface area contributed by atoms with Crippen LogP contribution in [0.25, 0.3) is 0 Å². The van der Waals surface area contributed by atoms with Crippen LogP contribution in [0.4, 0.5) is 0 Å². The van der Waals surface area contributed by atoms with E-state index in [2.05, 4.69) is 26.8 Å². The summed E-state index contributed by atoms with van der Waals surface area (Å²) in [6.07, 6.45) is 4.53. The predicted octanol–water partition coefficient (Wildman–Crippen LogP) is 3.28. The van der Waals surface area contributed by atoms with Gasteiger partial charge in [0.1, 0.15) is 5.76 Å². The van der Waals surface area contributed by atoms with E-state index in [9.17, 15) is 0 Å². The molecule has 12 heavy (non-hydrogen) atoms. The van der Waals surface area contributed by atoms with Gasteiger partial charge < -0.3 is 4.74 Å². The first-order chi connectivity index (χ1) is 5.65. The molecule has 0 saturated carbocycles. The fourth-order valence-electron chi connectivity index (χ4n) is 1.61. The van der Waals surface area contributed by atoms with E-state index in [0.29, 0.717) is 5.92 Å². The molecule has 0 aliphatic heterocycles. The minimum absolute atomic E-state index is 0.615. The van der Waals surface area contributed by atoms with Crippen molar-refractivity contribution in [1.82, 2.24) is 0 Å². The molecule has 0 aromatic heterocycles. The Balaban J connectivity index is 2.91. The van der Waals surface area contributed by atoms with E-state index in [0.717, 1.165) is 5.76 Å². The first-order valence-corrected chi connectivity index (χ1v) is 4.59. The quantitative estimate of drug-likeness (QED) is 0.611. The third-order valence-electron chi connectivity index (χ3n) is 2.40. The molecule has 1 aliphatic carbocycles. The van der Waals surface area contributed by atoms with Crippen LogP contribution in [0, 0.1) is 5.92 Å². The number of ether oxygens (including phenoxy) is 1. The van der Waals surface area contributed by atoms with Crippen molar-refractivity contribution >= 4 is 0 Å². The van der Waals surface area contributed by atoms with Gasteiger partial charge in [0.2, 0.25) is 0 Å². The average Bonchev–Trinajstić information content (AvgIpc) is 2.03. The minimum atomic E-state index is 0.615. The lowest BCUT2D eigenvalue weighted by Crippen LogP contribution is -2.05. The highest BCUT2D eigenvalue weighted by Crippen LogP contribution is 2.28. The van der Waals surface area contributed by atoms with Crippen molar-refractivity contribution in [2.75, 3.05) is 7.11 Å². The summed E-state index contributed by atoms with van der Waals surface area (Å²) in [7, 11) is 1.76. The Bertz CT molecular complexity index is 221. The third-order valence-corrected chi connectivity index (χ3v) is 2.40. The zero-order valence-electron chi connectivity index (χ0n) is 8.48. The van der Waals surface area contributed by atoms with Crippen LogP contribution in [0.5, 0.6) is 0 Å². The zero-order valence-corrected chi connectivity index (χ0v) is 8.48. The van der Waals surface area contributed by atoms with E-state index >= 15 is 0 Å². The highest BCUT2D eigenvalue weighted by molar-refractivity contribution is 5.29. The Hall–Kier alpha value is -0.720. The molecule has 68 valence electrons. The second kappa shape index (κ2) is 3.79. The van der Waals surface area contributed by atoms with Gasteiger partial charge in [-0.1, -0.05) is 19.4 Å². The van der Waals surface area contributed by atoms with Crippen LogP contribution in [0.3, 0.4) is 0 Å². The van der Waals surface area contributed by atoms with E-state index < -0.39 is 0 Å². The molecule has 1 aliphatic rings. The molecule has 0 aromatic carbocycles. The summed E-state index contributed by atoms with van der Waals surface area (Å²) < 4.78 is 5.34. The molecule has 0 bridgehead atoms. The molecule has 1 heteroatoms. The highest BCUT2D eigenvalue weighted by Gasteiger charge is 2.14. The smallest absolute Gasteiger partial charge is 0.118 e.